The van der Waals surface area contributed by atoms with Gasteiger partial charge in [-0.05, 0) is 68.4 Å². The fraction of sp³-hybridized carbons (Fsp3) is 0.526. The van der Waals surface area contributed by atoms with Crippen LogP contribution in [-0.4, -0.2) is 35.4 Å². The van der Waals surface area contributed by atoms with Gasteiger partial charge in [-0.2, -0.15) is 13.2 Å². The molecule has 27 heavy (non-hydrogen) atoms. The Morgan fingerprint density at radius 3 is 2.33 bits per heavy atom. The lowest BCUT2D eigenvalue weighted by Gasteiger charge is -2.37. The minimum Gasteiger partial charge on any atom is -0.509 e. The van der Waals surface area contributed by atoms with Crippen molar-refractivity contribution < 1.29 is 27.8 Å². The molecule has 1 aromatic carbocycles. The molecule has 0 unspecified atom stereocenters. The first-order valence-electron chi connectivity index (χ1n) is 8.74. The normalized spacial score (nSPS) is 26.0. The van der Waals surface area contributed by atoms with Crippen LogP contribution < -0.4 is 5.32 Å². The van der Waals surface area contributed by atoms with Gasteiger partial charge in [0, 0.05) is 5.02 Å². The van der Waals surface area contributed by atoms with Crippen molar-refractivity contribution >= 4 is 23.1 Å². The molecule has 0 atom stereocenters. The third kappa shape index (κ3) is 3.94. The number of nitrogens with one attached hydrogen (secondary N) is 1. The van der Waals surface area contributed by atoms with Crippen molar-refractivity contribution in [2.45, 2.75) is 57.3 Å². The Bertz CT molecular complexity index is 773. The van der Waals surface area contributed by atoms with E-state index in [1.807, 2.05) is 13.8 Å². The van der Waals surface area contributed by atoms with Crippen LogP contribution in [0, 0.1) is 13.8 Å². The average Bonchev–Trinajstić information content (AvgIpc) is 2.77. The molecule has 8 heteroatoms. The second kappa shape index (κ2) is 7.02. The molecule has 1 spiro atoms. The molecule has 1 aliphatic carbocycles. The van der Waals surface area contributed by atoms with Crippen LogP contribution >= 0.6 is 11.6 Å². The molecule has 1 heterocycles. The molecule has 1 fully saturated rings. The molecule has 0 radical (unpaired) electrons. The highest BCUT2D eigenvalue weighted by atomic mass is 35.5. The van der Waals surface area contributed by atoms with Crippen LogP contribution in [0.3, 0.4) is 0 Å². The van der Waals surface area contributed by atoms with E-state index in [9.17, 15) is 23.1 Å². The Labute approximate surface area is 160 Å². The number of rotatable bonds is 3. The topological polar surface area (TPSA) is 58.6 Å². The van der Waals surface area contributed by atoms with Gasteiger partial charge in [-0.25, -0.2) is 0 Å². The number of ether oxygens (including phenoxy) is 1. The molecule has 148 valence electrons. The third-order valence-electron chi connectivity index (χ3n) is 5.29. The van der Waals surface area contributed by atoms with Gasteiger partial charge in [0.1, 0.15) is 12.4 Å². The molecule has 1 aromatic rings. The number of carbonyl (C=O) groups excluding carboxylic acids is 1. The number of hydrogen-bond donors (Lipinski definition) is 2. The molecule has 3 rings (SSSR count). The van der Waals surface area contributed by atoms with Crippen molar-refractivity contribution in [3.8, 4) is 0 Å². The van der Waals surface area contributed by atoms with E-state index in [1.54, 1.807) is 12.1 Å². The van der Waals surface area contributed by atoms with Gasteiger partial charge in [-0.3, -0.25) is 4.79 Å². The van der Waals surface area contributed by atoms with Crippen LogP contribution in [0.1, 0.15) is 42.4 Å². The minimum absolute atomic E-state index is 0.0460. The largest absolute Gasteiger partial charge is 0.509 e. The summed E-state index contributed by atoms with van der Waals surface area (Å²) in [7, 11) is 0. The first-order valence-corrected chi connectivity index (χ1v) is 9.12. The summed E-state index contributed by atoms with van der Waals surface area (Å²) in [5, 5.41) is 14.3. The number of benzene rings is 1. The van der Waals surface area contributed by atoms with Crippen molar-refractivity contribution in [3.05, 3.63) is 39.6 Å². The molecular formula is C19H21ClF3NO3. The predicted octanol–water partition coefficient (Wildman–Crippen LogP) is 4.62. The van der Waals surface area contributed by atoms with Gasteiger partial charge < -0.3 is 15.2 Å². The summed E-state index contributed by atoms with van der Waals surface area (Å²) in [5.41, 5.74) is 1.47. The second-order valence-corrected chi connectivity index (χ2v) is 7.74. The van der Waals surface area contributed by atoms with Crippen LogP contribution in [0.25, 0.3) is 5.57 Å². The fourth-order valence-corrected chi connectivity index (χ4v) is 4.38. The van der Waals surface area contributed by atoms with E-state index in [-0.39, 0.29) is 17.2 Å². The number of aryl methyl sites for hydroxylation is 2. The van der Waals surface area contributed by atoms with Gasteiger partial charge in [0.05, 0.1) is 17.2 Å². The smallest absolute Gasteiger partial charge is 0.411 e. The van der Waals surface area contributed by atoms with Crippen LogP contribution in [-0.2, 0) is 9.53 Å². The van der Waals surface area contributed by atoms with Crippen molar-refractivity contribution in [3.63, 3.8) is 0 Å². The molecule has 0 saturated heterocycles. The zero-order chi connectivity index (χ0) is 20.0. The SMILES string of the molecule is Cc1cc(Cl)cc(C)c1C1=C(O)C2(CCC(OCC(F)(F)F)CC2)NC1=O. The summed E-state index contributed by atoms with van der Waals surface area (Å²) in [6, 6.07) is 3.45. The van der Waals surface area contributed by atoms with E-state index in [0.29, 0.717) is 36.3 Å². The Morgan fingerprint density at radius 2 is 1.81 bits per heavy atom. The van der Waals surface area contributed by atoms with Crippen LogP contribution in [0.2, 0.25) is 5.02 Å². The van der Waals surface area contributed by atoms with Crippen LogP contribution in [0.4, 0.5) is 13.2 Å². The van der Waals surface area contributed by atoms with Gasteiger partial charge in [0.15, 0.2) is 0 Å². The maximum atomic E-state index is 12.6. The zero-order valence-electron chi connectivity index (χ0n) is 15.0. The van der Waals surface area contributed by atoms with Gasteiger partial charge in [-0.15, -0.1) is 0 Å². The highest BCUT2D eigenvalue weighted by Gasteiger charge is 2.48. The lowest BCUT2D eigenvalue weighted by molar-refractivity contribution is -0.188. The molecule has 2 N–H and O–H groups in total. The summed E-state index contributed by atoms with van der Waals surface area (Å²) in [4.78, 5) is 12.6. The van der Waals surface area contributed by atoms with Crippen molar-refractivity contribution in [2.75, 3.05) is 6.61 Å². The quantitative estimate of drug-likeness (QED) is 0.774. The summed E-state index contributed by atoms with van der Waals surface area (Å²) in [6.07, 6.45) is -3.61. The Hall–Kier alpha value is -1.73. The monoisotopic (exact) mass is 403 g/mol. The molecule has 0 bridgehead atoms. The van der Waals surface area contributed by atoms with Crippen molar-refractivity contribution in [1.29, 1.82) is 0 Å². The van der Waals surface area contributed by atoms with Gasteiger partial charge in [-0.1, -0.05) is 11.6 Å². The van der Waals surface area contributed by atoms with Crippen LogP contribution in [0.5, 0.6) is 0 Å². The molecule has 0 aromatic heterocycles. The number of aliphatic hydroxyl groups excluding tert-OH is 1. The minimum atomic E-state index is -4.37. The maximum absolute atomic E-state index is 12.6. The highest BCUT2D eigenvalue weighted by Crippen LogP contribution is 2.43. The lowest BCUT2D eigenvalue weighted by atomic mass is 9.79. The van der Waals surface area contributed by atoms with Gasteiger partial charge >= 0.3 is 6.18 Å². The summed E-state index contributed by atoms with van der Waals surface area (Å²) < 4.78 is 41.9. The lowest BCUT2D eigenvalue weighted by Crippen LogP contribution is -2.48. The Kier molecular flexibility index (Phi) is 5.20. The van der Waals surface area contributed by atoms with E-state index < -0.39 is 24.4 Å². The van der Waals surface area contributed by atoms with E-state index in [0.717, 1.165) is 11.1 Å². The van der Waals surface area contributed by atoms with E-state index >= 15 is 0 Å². The first-order chi connectivity index (χ1) is 12.5. The molecule has 1 aliphatic heterocycles. The molecule has 1 amide bonds. The van der Waals surface area contributed by atoms with E-state index in [4.69, 9.17) is 16.3 Å². The zero-order valence-corrected chi connectivity index (χ0v) is 15.8. The summed E-state index contributed by atoms with van der Waals surface area (Å²) in [5.74, 6) is -0.425. The third-order valence-corrected chi connectivity index (χ3v) is 5.50. The molecule has 2 aliphatic rings. The summed E-state index contributed by atoms with van der Waals surface area (Å²) in [6.45, 7) is 2.34. The van der Waals surface area contributed by atoms with Gasteiger partial charge in [0.2, 0.25) is 0 Å². The number of alkyl halides is 3. The molecule has 1 saturated carbocycles. The molecule has 4 nitrogen and oxygen atoms in total. The Morgan fingerprint density at radius 1 is 1.26 bits per heavy atom. The number of hydrogen-bond acceptors (Lipinski definition) is 3. The number of halogens is 4. The average molecular weight is 404 g/mol. The summed E-state index contributed by atoms with van der Waals surface area (Å²) >= 11 is 6.05. The fourth-order valence-electron chi connectivity index (χ4n) is 4.05. The highest BCUT2D eigenvalue weighted by molar-refractivity contribution is 6.31. The maximum Gasteiger partial charge on any atom is 0.411 e. The first kappa shape index (κ1) is 20.0. The predicted molar refractivity (Wildman–Crippen MR) is 95.6 cm³/mol. The van der Waals surface area contributed by atoms with Crippen molar-refractivity contribution in [2.24, 2.45) is 0 Å². The van der Waals surface area contributed by atoms with E-state index in [1.165, 1.54) is 0 Å². The van der Waals surface area contributed by atoms with Gasteiger partial charge in [0.25, 0.3) is 5.91 Å². The standard InChI is InChI=1S/C19H21ClF3NO3/c1-10-7-12(20)8-11(2)14(10)15-16(25)18(24-17(15)26)5-3-13(4-6-18)27-9-19(21,22)23/h7-8,13,25H,3-6,9H2,1-2H3,(H,24,26). The van der Waals surface area contributed by atoms with Crippen LogP contribution in [0.15, 0.2) is 17.9 Å². The number of amides is 1. The molecular weight excluding hydrogens is 383 g/mol. The Balaban J connectivity index is 1.83. The van der Waals surface area contributed by atoms with E-state index in [2.05, 4.69) is 5.32 Å². The van der Waals surface area contributed by atoms with Crippen molar-refractivity contribution in [1.82, 2.24) is 5.32 Å². The second-order valence-electron chi connectivity index (χ2n) is 7.30. The number of carbonyl (C=O) groups is 1. The number of aliphatic hydroxyl groups is 1.